The normalized spacial score (nSPS) is 11.3. The molecule has 5 heteroatoms. The molecule has 0 radical (unpaired) electrons. The van der Waals surface area contributed by atoms with Gasteiger partial charge in [0.25, 0.3) is 0 Å². The number of aliphatic carboxylic acids is 1. The summed E-state index contributed by atoms with van der Waals surface area (Å²) in [6.45, 7) is 0. The minimum Gasteiger partial charge on any atom is -0.477 e. The number of carboxylic acids is 1. The van der Waals surface area contributed by atoms with Gasteiger partial charge in [-0.15, -0.1) is 0 Å². The van der Waals surface area contributed by atoms with Crippen LogP contribution in [0.1, 0.15) is 17.1 Å². The summed E-state index contributed by atoms with van der Waals surface area (Å²) in [7, 11) is 0. The van der Waals surface area contributed by atoms with Crippen molar-refractivity contribution in [3.05, 3.63) is 120 Å². The third-order valence-electron chi connectivity index (χ3n) is 4.91. The molecule has 0 saturated carbocycles. The molecule has 160 valence electrons. The average molecular weight is 432 g/mol. The topological polar surface area (TPSA) is 77.5 Å². The molecule has 0 spiro atoms. The first kappa shape index (κ1) is 21.4. The Labute approximate surface area is 191 Å². The first-order valence-corrected chi connectivity index (χ1v) is 10.3. The molecule has 4 aromatic rings. The van der Waals surface area contributed by atoms with Gasteiger partial charge in [-0.1, -0.05) is 54.6 Å². The van der Waals surface area contributed by atoms with Gasteiger partial charge < -0.3 is 14.4 Å². The zero-order chi connectivity index (χ0) is 23.0. The summed E-state index contributed by atoms with van der Waals surface area (Å²) >= 11 is 0. The van der Waals surface area contributed by atoms with Crippen LogP contribution in [0, 0.1) is 11.3 Å². The van der Waals surface area contributed by atoms with Gasteiger partial charge in [-0.2, -0.15) is 5.26 Å². The molecule has 3 aromatic carbocycles. The van der Waals surface area contributed by atoms with Crippen molar-refractivity contribution in [1.29, 1.82) is 5.26 Å². The number of furan rings is 1. The van der Waals surface area contributed by atoms with Crippen molar-refractivity contribution < 1.29 is 14.3 Å². The molecule has 0 fully saturated rings. The molecule has 5 nitrogen and oxygen atoms in total. The number of hydrogen-bond acceptors (Lipinski definition) is 4. The summed E-state index contributed by atoms with van der Waals surface area (Å²) in [5, 5.41) is 17.8. The Balaban J connectivity index is 1.55. The number of nitrogens with zero attached hydrogens (tertiary/aromatic N) is 2. The summed E-state index contributed by atoms with van der Waals surface area (Å²) in [5.41, 5.74) is 3.78. The average Bonchev–Trinajstić information content (AvgIpc) is 3.31. The molecular weight excluding hydrogens is 412 g/mol. The number of nitriles is 1. The highest BCUT2D eigenvalue weighted by Crippen LogP contribution is 2.34. The standard InChI is InChI=1S/C28H20N2O3/c29-20-22(28(31)32)19-27-18-17-26(33-27)16-13-21-11-14-25(15-12-21)30(23-7-3-1-4-8-23)24-9-5-2-6-10-24/h1-19H,(H,31,32)/b16-13+,22-19+. The Morgan fingerprint density at radius 3 is 1.85 bits per heavy atom. The maximum atomic E-state index is 11.0. The highest BCUT2D eigenvalue weighted by molar-refractivity contribution is 5.96. The smallest absolute Gasteiger partial charge is 0.346 e. The molecule has 0 saturated heterocycles. The molecule has 1 aromatic heterocycles. The minimum atomic E-state index is -1.29. The number of carbonyl (C=O) groups is 1. The van der Waals surface area contributed by atoms with Gasteiger partial charge in [0.15, 0.2) is 0 Å². The molecule has 0 aliphatic carbocycles. The van der Waals surface area contributed by atoms with Crippen LogP contribution in [0.2, 0.25) is 0 Å². The van der Waals surface area contributed by atoms with E-state index in [1.807, 2.05) is 54.6 Å². The molecule has 0 aliphatic heterocycles. The predicted molar refractivity (Wildman–Crippen MR) is 130 cm³/mol. The van der Waals surface area contributed by atoms with Crippen LogP contribution in [0.5, 0.6) is 0 Å². The van der Waals surface area contributed by atoms with Gasteiger partial charge in [-0.05, 0) is 60.2 Å². The number of benzene rings is 3. The molecule has 1 N–H and O–H groups in total. The number of para-hydroxylation sites is 2. The van der Waals surface area contributed by atoms with Gasteiger partial charge in [0.05, 0.1) is 0 Å². The number of carboxylic acid groups (broad SMARTS) is 1. The van der Waals surface area contributed by atoms with E-state index in [1.54, 1.807) is 24.3 Å². The molecule has 0 aliphatic rings. The molecule has 33 heavy (non-hydrogen) atoms. The number of hydrogen-bond donors (Lipinski definition) is 1. The van der Waals surface area contributed by atoms with Crippen molar-refractivity contribution in [1.82, 2.24) is 0 Å². The molecule has 0 unspecified atom stereocenters. The lowest BCUT2D eigenvalue weighted by Crippen LogP contribution is -2.09. The number of rotatable bonds is 7. The van der Waals surface area contributed by atoms with Gasteiger partial charge in [0, 0.05) is 23.1 Å². The third kappa shape index (κ3) is 5.27. The van der Waals surface area contributed by atoms with Crippen molar-refractivity contribution in [2.45, 2.75) is 0 Å². The Bertz CT molecular complexity index is 1290. The maximum absolute atomic E-state index is 11.0. The van der Waals surface area contributed by atoms with Crippen molar-refractivity contribution >= 4 is 41.3 Å². The zero-order valence-electron chi connectivity index (χ0n) is 17.6. The fourth-order valence-corrected chi connectivity index (χ4v) is 3.33. The first-order valence-electron chi connectivity index (χ1n) is 10.3. The van der Waals surface area contributed by atoms with Crippen LogP contribution < -0.4 is 4.90 Å². The van der Waals surface area contributed by atoms with Crippen molar-refractivity contribution in [3.63, 3.8) is 0 Å². The second-order valence-corrected chi connectivity index (χ2v) is 7.15. The summed E-state index contributed by atoms with van der Waals surface area (Å²) in [6, 6.07) is 33.5. The van der Waals surface area contributed by atoms with E-state index in [1.165, 1.54) is 6.08 Å². The molecular formula is C28H20N2O3. The summed E-state index contributed by atoms with van der Waals surface area (Å²) < 4.78 is 5.58. The lowest BCUT2D eigenvalue weighted by molar-refractivity contribution is -0.132. The van der Waals surface area contributed by atoms with Crippen LogP contribution in [-0.4, -0.2) is 11.1 Å². The van der Waals surface area contributed by atoms with E-state index in [0.29, 0.717) is 11.5 Å². The highest BCUT2D eigenvalue weighted by atomic mass is 16.4. The Hall–Kier alpha value is -4.82. The van der Waals surface area contributed by atoms with Crippen molar-refractivity contribution in [2.75, 3.05) is 4.90 Å². The number of anilines is 3. The highest BCUT2D eigenvalue weighted by Gasteiger charge is 2.11. The van der Waals surface area contributed by atoms with E-state index < -0.39 is 5.97 Å². The third-order valence-corrected chi connectivity index (χ3v) is 4.91. The Kier molecular flexibility index (Phi) is 6.48. The molecule has 4 rings (SSSR count). The second kappa shape index (κ2) is 9.99. The Morgan fingerprint density at radius 2 is 1.30 bits per heavy atom. The minimum absolute atomic E-state index is 0.310. The van der Waals surface area contributed by atoms with E-state index in [9.17, 15) is 4.79 Å². The summed E-state index contributed by atoms with van der Waals surface area (Å²) in [6.07, 6.45) is 4.91. The van der Waals surface area contributed by atoms with Gasteiger partial charge in [-0.3, -0.25) is 0 Å². The van der Waals surface area contributed by atoms with E-state index in [-0.39, 0.29) is 5.57 Å². The largest absolute Gasteiger partial charge is 0.477 e. The maximum Gasteiger partial charge on any atom is 0.346 e. The lowest BCUT2D eigenvalue weighted by atomic mass is 10.1. The van der Waals surface area contributed by atoms with Gasteiger partial charge >= 0.3 is 5.97 Å². The van der Waals surface area contributed by atoms with E-state index >= 15 is 0 Å². The van der Waals surface area contributed by atoms with Gasteiger partial charge in [0.2, 0.25) is 0 Å². The Morgan fingerprint density at radius 1 is 0.758 bits per heavy atom. The molecule has 1 heterocycles. The van der Waals surface area contributed by atoms with Crippen LogP contribution in [0.3, 0.4) is 0 Å². The summed E-state index contributed by atoms with van der Waals surface area (Å²) in [4.78, 5) is 13.1. The zero-order valence-corrected chi connectivity index (χ0v) is 17.6. The molecule has 0 atom stereocenters. The fraction of sp³-hybridized carbons (Fsp3) is 0. The van der Waals surface area contributed by atoms with Crippen LogP contribution in [-0.2, 0) is 4.79 Å². The molecule has 0 bridgehead atoms. The van der Waals surface area contributed by atoms with Crippen LogP contribution >= 0.6 is 0 Å². The van der Waals surface area contributed by atoms with Crippen molar-refractivity contribution in [3.8, 4) is 6.07 Å². The van der Waals surface area contributed by atoms with E-state index in [0.717, 1.165) is 22.6 Å². The van der Waals surface area contributed by atoms with Crippen LogP contribution in [0.15, 0.2) is 107 Å². The lowest BCUT2D eigenvalue weighted by Gasteiger charge is -2.25. The van der Waals surface area contributed by atoms with Gasteiger partial charge in [0.1, 0.15) is 23.2 Å². The SMILES string of the molecule is N#C/C(=C\c1ccc(/C=C/c2ccc(N(c3ccccc3)c3ccccc3)cc2)o1)C(=O)O. The quantitative estimate of drug-likeness (QED) is 0.254. The predicted octanol–water partition coefficient (Wildman–Crippen LogP) is 6.91. The second-order valence-electron chi connectivity index (χ2n) is 7.15. The monoisotopic (exact) mass is 432 g/mol. The van der Waals surface area contributed by atoms with Crippen LogP contribution in [0.25, 0.3) is 18.2 Å². The first-order chi connectivity index (χ1) is 16.1. The summed E-state index contributed by atoms with van der Waals surface area (Å²) in [5.74, 6) is -0.417. The van der Waals surface area contributed by atoms with Crippen molar-refractivity contribution in [2.24, 2.45) is 0 Å². The van der Waals surface area contributed by atoms with E-state index in [4.69, 9.17) is 14.8 Å². The van der Waals surface area contributed by atoms with Gasteiger partial charge in [-0.25, -0.2) is 4.79 Å². The van der Waals surface area contributed by atoms with Crippen LogP contribution in [0.4, 0.5) is 17.1 Å². The molecule has 0 amide bonds. The van der Waals surface area contributed by atoms with E-state index in [2.05, 4.69) is 41.3 Å². The fourth-order valence-electron chi connectivity index (χ4n) is 3.33.